The molecule has 0 aromatic heterocycles. The summed E-state index contributed by atoms with van der Waals surface area (Å²) in [6.07, 6.45) is 2.48. The molecule has 4 nitrogen and oxygen atoms in total. The lowest BCUT2D eigenvalue weighted by Gasteiger charge is -2.33. The van der Waals surface area contributed by atoms with E-state index in [1.54, 1.807) is 7.05 Å². The highest BCUT2D eigenvalue weighted by Crippen LogP contribution is 2.12. The van der Waals surface area contributed by atoms with Crippen LogP contribution in [-0.4, -0.2) is 49.1 Å². The summed E-state index contributed by atoms with van der Waals surface area (Å²) < 4.78 is 0. The van der Waals surface area contributed by atoms with E-state index in [1.165, 1.54) is 12.8 Å². The van der Waals surface area contributed by atoms with Gasteiger partial charge in [-0.2, -0.15) is 0 Å². The Kier molecular flexibility index (Phi) is 5.22. The van der Waals surface area contributed by atoms with Gasteiger partial charge in [0.2, 0.25) is 5.91 Å². The number of rotatable bonds is 5. The molecule has 0 bridgehead atoms. The number of hydrogen-bond acceptors (Lipinski definition) is 3. The van der Waals surface area contributed by atoms with Crippen LogP contribution in [0.5, 0.6) is 0 Å². The van der Waals surface area contributed by atoms with Gasteiger partial charge in [0.15, 0.2) is 0 Å². The van der Waals surface area contributed by atoms with Gasteiger partial charge in [-0.15, -0.1) is 0 Å². The highest BCUT2D eigenvalue weighted by molar-refractivity contribution is 5.81. The predicted octanol–water partition coefficient (Wildman–Crippen LogP) is 0.583. The third-order valence-corrected chi connectivity index (χ3v) is 3.38. The summed E-state index contributed by atoms with van der Waals surface area (Å²) >= 11 is 0. The maximum atomic E-state index is 11.7. The quantitative estimate of drug-likeness (QED) is 0.722. The molecule has 4 heteroatoms. The lowest BCUT2D eigenvalue weighted by atomic mass is 10.1. The summed E-state index contributed by atoms with van der Waals surface area (Å²) in [5.41, 5.74) is 0. The van der Waals surface area contributed by atoms with Crippen molar-refractivity contribution in [1.29, 1.82) is 0 Å². The molecule has 1 heterocycles. The number of carbonyl (C=O) groups excluding carboxylic acids is 1. The Morgan fingerprint density at radius 2 is 2.19 bits per heavy atom. The molecule has 0 aromatic rings. The van der Waals surface area contributed by atoms with Crippen LogP contribution in [0.25, 0.3) is 0 Å². The summed E-state index contributed by atoms with van der Waals surface area (Å²) in [5, 5.41) is 6.20. The van der Waals surface area contributed by atoms with Crippen LogP contribution in [0, 0.1) is 0 Å². The second-order valence-electron chi connectivity index (χ2n) is 4.87. The molecule has 2 N–H and O–H groups in total. The Morgan fingerprint density at radius 3 is 2.62 bits per heavy atom. The van der Waals surface area contributed by atoms with E-state index in [1.807, 2.05) is 6.92 Å². The summed E-state index contributed by atoms with van der Waals surface area (Å²) in [4.78, 5) is 13.9. The largest absolute Gasteiger partial charge is 0.358 e. The van der Waals surface area contributed by atoms with Crippen LogP contribution in [0.15, 0.2) is 0 Å². The van der Waals surface area contributed by atoms with Crippen LogP contribution in [0.1, 0.15) is 33.6 Å². The Labute approximate surface area is 98.8 Å². The number of hydrogen-bond donors (Lipinski definition) is 2. The van der Waals surface area contributed by atoms with Crippen LogP contribution in [-0.2, 0) is 4.79 Å². The van der Waals surface area contributed by atoms with Crippen molar-refractivity contribution in [3.8, 4) is 0 Å². The lowest BCUT2D eigenvalue weighted by molar-refractivity contribution is -0.126. The minimum absolute atomic E-state index is 0.0487. The zero-order valence-electron chi connectivity index (χ0n) is 10.9. The van der Waals surface area contributed by atoms with Gasteiger partial charge in [0.25, 0.3) is 0 Å². The monoisotopic (exact) mass is 227 g/mol. The zero-order valence-corrected chi connectivity index (χ0v) is 10.9. The lowest BCUT2D eigenvalue weighted by Crippen LogP contribution is -2.51. The van der Waals surface area contributed by atoms with E-state index in [-0.39, 0.29) is 11.9 Å². The van der Waals surface area contributed by atoms with E-state index in [9.17, 15) is 4.79 Å². The van der Waals surface area contributed by atoms with Crippen LogP contribution in [0.4, 0.5) is 0 Å². The highest BCUT2D eigenvalue weighted by atomic mass is 16.2. The third-order valence-electron chi connectivity index (χ3n) is 3.38. The SMILES string of the molecule is CNC(=O)C(C)N(CC1CCCN1)C(C)C. The summed E-state index contributed by atoms with van der Waals surface area (Å²) in [6, 6.07) is 0.900. The Balaban J connectivity index is 2.55. The summed E-state index contributed by atoms with van der Waals surface area (Å²) in [5.74, 6) is 0.103. The molecule has 1 saturated heterocycles. The van der Waals surface area contributed by atoms with E-state index in [0.717, 1.165) is 13.1 Å². The van der Waals surface area contributed by atoms with Gasteiger partial charge < -0.3 is 10.6 Å². The first-order chi connectivity index (χ1) is 7.56. The summed E-state index contributed by atoms with van der Waals surface area (Å²) in [6.45, 7) is 8.35. The molecular weight excluding hydrogens is 202 g/mol. The molecule has 16 heavy (non-hydrogen) atoms. The second kappa shape index (κ2) is 6.21. The first-order valence-corrected chi connectivity index (χ1v) is 6.27. The van der Waals surface area contributed by atoms with Gasteiger partial charge in [0.1, 0.15) is 0 Å². The smallest absolute Gasteiger partial charge is 0.236 e. The molecule has 0 radical (unpaired) electrons. The maximum absolute atomic E-state index is 11.7. The van der Waals surface area contributed by atoms with Crippen molar-refractivity contribution >= 4 is 5.91 Å². The van der Waals surface area contributed by atoms with Crippen molar-refractivity contribution < 1.29 is 4.79 Å². The van der Waals surface area contributed by atoms with Crippen LogP contribution < -0.4 is 10.6 Å². The van der Waals surface area contributed by atoms with Crippen molar-refractivity contribution in [3.63, 3.8) is 0 Å². The minimum Gasteiger partial charge on any atom is -0.358 e. The van der Waals surface area contributed by atoms with Gasteiger partial charge in [0.05, 0.1) is 6.04 Å². The molecule has 0 saturated carbocycles. The number of nitrogens with one attached hydrogen (secondary N) is 2. The van der Waals surface area contributed by atoms with Crippen molar-refractivity contribution in [3.05, 3.63) is 0 Å². The highest BCUT2D eigenvalue weighted by Gasteiger charge is 2.26. The standard InChI is InChI=1S/C12H25N3O/c1-9(2)15(10(3)12(16)13-4)8-11-6-5-7-14-11/h9-11,14H,5-8H2,1-4H3,(H,13,16). The zero-order chi connectivity index (χ0) is 12.1. The third kappa shape index (κ3) is 3.46. The number of amides is 1. The van der Waals surface area contributed by atoms with Gasteiger partial charge in [-0.05, 0) is 40.2 Å². The van der Waals surface area contributed by atoms with Crippen molar-refractivity contribution in [2.45, 2.75) is 51.7 Å². The molecule has 0 aromatic carbocycles. The van der Waals surface area contributed by atoms with Crippen LogP contribution in [0.2, 0.25) is 0 Å². The van der Waals surface area contributed by atoms with Gasteiger partial charge in [-0.25, -0.2) is 0 Å². The van der Waals surface area contributed by atoms with Gasteiger partial charge in [-0.1, -0.05) is 0 Å². The Morgan fingerprint density at radius 1 is 1.50 bits per heavy atom. The molecule has 2 atom stereocenters. The maximum Gasteiger partial charge on any atom is 0.236 e. The second-order valence-corrected chi connectivity index (χ2v) is 4.87. The van der Waals surface area contributed by atoms with E-state index in [4.69, 9.17) is 0 Å². The van der Waals surface area contributed by atoms with Crippen molar-refractivity contribution in [1.82, 2.24) is 15.5 Å². The topological polar surface area (TPSA) is 44.4 Å². The average Bonchev–Trinajstić information content (AvgIpc) is 2.76. The molecule has 2 unspecified atom stereocenters. The molecule has 1 amide bonds. The molecule has 1 fully saturated rings. The van der Waals surface area contributed by atoms with E-state index < -0.39 is 0 Å². The average molecular weight is 227 g/mol. The fraction of sp³-hybridized carbons (Fsp3) is 0.917. The van der Waals surface area contributed by atoms with E-state index in [2.05, 4.69) is 29.4 Å². The molecule has 0 aliphatic carbocycles. The van der Waals surface area contributed by atoms with Gasteiger partial charge in [-0.3, -0.25) is 9.69 Å². The van der Waals surface area contributed by atoms with E-state index >= 15 is 0 Å². The summed E-state index contributed by atoms with van der Waals surface area (Å²) in [7, 11) is 1.70. The van der Waals surface area contributed by atoms with Gasteiger partial charge >= 0.3 is 0 Å². The normalized spacial score (nSPS) is 22.8. The van der Waals surface area contributed by atoms with Crippen molar-refractivity contribution in [2.75, 3.05) is 20.1 Å². The van der Waals surface area contributed by atoms with Crippen LogP contribution in [0.3, 0.4) is 0 Å². The number of likely N-dealkylation sites (N-methyl/N-ethyl adjacent to an activating group) is 1. The molecule has 94 valence electrons. The number of nitrogens with zero attached hydrogens (tertiary/aromatic N) is 1. The van der Waals surface area contributed by atoms with Crippen LogP contribution >= 0.6 is 0 Å². The van der Waals surface area contributed by atoms with E-state index in [0.29, 0.717) is 12.1 Å². The molecule has 1 aliphatic rings. The first kappa shape index (κ1) is 13.5. The predicted molar refractivity (Wildman–Crippen MR) is 66.4 cm³/mol. The molecule has 1 rings (SSSR count). The first-order valence-electron chi connectivity index (χ1n) is 6.27. The Hall–Kier alpha value is -0.610. The van der Waals surface area contributed by atoms with Gasteiger partial charge in [0, 0.05) is 25.7 Å². The number of carbonyl (C=O) groups is 1. The fourth-order valence-corrected chi connectivity index (χ4v) is 2.34. The minimum atomic E-state index is -0.0487. The molecule has 1 aliphatic heterocycles. The fourth-order valence-electron chi connectivity index (χ4n) is 2.34. The Bertz CT molecular complexity index is 224. The molecule has 0 spiro atoms. The molecular formula is C12H25N3O. The van der Waals surface area contributed by atoms with Crippen molar-refractivity contribution in [2.24, 2.45) is 0 Å².